The first kappa shape index (κ1) is 21.9. The van der Waals surface area contributed by atoms with Crippen LogP contribution in [0, 0.1) is 5.92 Å². The van der Waals surface area contributed by atoms with Crippen LogP contribution in [-0.4, -0.2) is 20.2 Å². The second kappa shape index (κ2) is 8.65. The van der Waals surface area contributed by atoms with E-state index in [4.69, 9.17) is 33.9 Å². The van der Waals surface area contributed by atoms with Crippen LogP contribution in [0.2, 0.25) is 10.0 Å². The third-order valence-electron chi connectivity index (χ3n) is 5.56. The maximum absolute atomic E-state index is 13.7. The van der Waals surface area contributed by atoms with Crippen molar-refractivity contribution in [3.63, 3.8) is 0 Å². The number of fused-ring (bicyclic) bond motifs is 2. The van der Waals surface area contributed by atoms with Gasteiger partial charge in [0.15, 0.2) is 0 Å². The fourth-order valence-electron chi connectivity index (χ4n) is 4.21. The van der Waals surface area contributed by atoms with Gasteiger partial charge >= 0.3 is 0 Å². The van der Waals surface area contributed by atoms with Crippen LogP contribution in [-0.2, 0) is 13.1 Å². The molecule has 0 aliphatic heterocycles. The van der Waals surface area contributed by atoms with Gasteiger partial charge in [-0.2, -0.15) is 0 Å². The SMILES string of the molecule is CCn1cc(-c2nc3cc(Cl)c(Cl)cc3n(CC(N)CC(C)C)c2=O)c2ccccc21. The number of nitrogens with zero attached hydrogens (tertiary/aromatic N) is 3. The van der Waals surface area contributed by atoms with E-state index >= 15 is 0 Å². The summed E-state index contributed by atoms with van der Waals surface area (Å²) >= 11 is 12.6. The highest BCUT2D eigenvalue weighted by Crippen LogP contribution is 2.31. The minimum absolute atomic E-state index is 0.164. The molecule has 2 heterocycles. The number of aromatic nitrogens is 3. The summed E-state index contributed by atoms with van der Waals surface area (Å²) in [7, 11) is 0. The summed E-state index contributed by atoms with van der Waals surface area (Å²) in [5, 5.41) is 1.78. The largest absolute Gasteiger partial charge is 0.347 e. The monoisotopic (exact) mass is 456 g/mol. The van der Waals surface area contributed by atoms with E-state index < -0.39 is 0 Å². The zero-order chi connectivity index (χ0) is 22.3. The zero-order valence-corrected chi connectivity index (χ0v) is 19.4. The van der Waals surface area contributed by atoms with E-state index in [-0.39, 0.29) is 11.6 Å². The molecule has 0 amide bonds. The first-order valence-electron chi connectivity index (χ1n) is 10.5. The lowest BCUT2D eigenvalue weighted by Crippen LogP contribution is -2.34. The Balaban J connectivity index is 2.00. The molecule has 162 valence electrons. The van der Waals surface area contributed by atoms with Crippen molar-refractivity contribution in [2.75, 3.05) is 0 Å². The van der Waals surface area contributed by atoms with Gasteiger partial charge in [0.2, 0.25) is 0 Å². The van der Waals surface area contributed by atoms with E-state index in [1.807, 2.05) is 24.4 Å². The Morgan fingerprint density at radius 3 is 2.52 bits per heavy atom. The van der Waals surface area contributed by atoms with Crippen molar-refractivity contribution in [3.05, 3.63) is 63.0 Å². The van der Waals surface area contributed by atoms with E-state index in [1.165, 1.54) is 0 Å². The number of benzene rings is 2. The van der Waals surface area contributed by atoms with E-state index in [0.717, 1.165) is 29.4 Å². The Bertz CT molecular complexity index is 1320. The molecule has 0 spiro atoms. The number of rotatable bonds is 6. The van der Waals surface area contributed by atoms with Gasteiger partial charge in [0.1, 0.15) is 5.69 Å². The summed E-state index contributed by atoms with van der Waals surface area (Å²) in [6.07, 6.45) is 2.80. The first-order chi connectivity index (χ1) is 14.8. The van der Waals surface area contributed by atoms with Crippen LogP contribution < -0.4 is 11.3 Å². The van der Waals surface area contributed by atoms with E-state index in [9.17, 15) is 4.79 Å². The average molecular weight is 457 g/mol. The van der Waals surface area contributed by atoms with Crippen molar-refractivity contribution < 1.29 is 0 Å². The smallest absolute Gasteiger partial charge is 0.277 e. The maximum Gasteiger partial charge on any atom is 0.277 e. The molecular formula is C24H26Cl2N4O. The fourth-order valence-corrected chi connectivity index (χ4v) is 4.52. The predicted octanol–water partition coefficient (Wildman–Crippen LogP) is 5.72. The summed E-state index contributed by atoms with van der Waals surface area (Å²) in [5.41, 5.74) is 9.75. The second-order valence-electron chi connectivity index (χ2n) is 8.37. The second-order valence-corrected chi connectivity index (χ2v) is 9.18. The van der Waals surface area contributed by atoms with Gasteiger partial charge in [-0.3, -0.25) is 4.79 Å². The molecule has 0 aliphatic rings. The van der Waals surface area contributed by atoms with E-state index in [1.54, 1.807) is 16.7 Å². The van der Waals surface area contributed by atoms with Gasteiger partial charge < -0.3 is 14.9 Å². The van der Waals surface area contributed by atoms with E-state index in [2.05, 4.69) is 31.4 Å². The van der Waals surface area contributed by atoms with Crippen LogP contribution in [0.15, 0.2) is 47.4 Å². The standard InChI is InChI=1S/C24H26Cl2N4O/c1-4-29-13-17(16-7-5-6-8-21(16)29)23-24(31)30(12-15(27)9-14(2)3)22-11-19(26)18(25)10-20(22)28-23/h5-8,10-11,13-15H,4,9,12,27H2,1-3H3. The molecule has 0 saturated heterocycles. The molecule has 4 rings (SSSR count). The van der Waals surface area contributed by atoms with Crippen LogP contribution in [0.4, 0.5) is 0 Å². The number of halogens is 2. The minimum atomic E-state index is -0.177. The number of hydrogen-bond donors (Lipinski definition) is 1. The van der Waals surface area contributed by atoms with Crippen LogP contribution >= 0.6 is 23.2 Å². The van der Waals surface area contributed by atoms with Gasteiger partial charge in [-0.15, -0.1) is 0 Å². The molecule has 31 heavy (non-hydrogen) atoms. The molecule has 2 aromatic carbocycles. The minimum Gasteiger partial charge on any atom is -0.347 e. The molecular weight excluding hydrogens is 431 g/mol. The molecule has 0 radical (unpaired) electrons. The highest BCUT2D eigenvalue weighted by Gasteiger charge is 2.20. The highest BCUT2D eigenvalue weighted by atomic mass is 35.5. The summed E-state index contributed by atoms with van der Waals surface area (Å²) < 4.78 is 3.82. The van der Waals surface area contributed by atoms with Gasteiger partial charge in [0.25, 0.3) is 5.56 Å². The molecule has 5 nitrogen and oxygen atoms in total. The number of aryl methyl sites for hydroxylation is 1. The van der Waals surface area contributed by atoms with Crippen molar-refractivity contribution in [3.8, 4) is 11.3 Å². The normalized spacial score (nSPS) is 12.9. The Morgan fingerprint density at radius 1 is 1.10 bits per heavy atom. The molecule has 0 fully saturated rings. The summed E-state index contributed by atoms with van der Waals surface area (Å²) in [6.45, 7) is 7.50. The van der Waals surface area contributed by atoms with Crippen LogP contribution in [0.5, 0.6) is 0 Å². The van der Waals surface area contributed by atoms with Crippen LogP contribution in [0.3, 0.4) is 0 Å². The summed E-state index contributed by atoms with van der Waals surface area (Å²) in [6, 6.07) is 11.3. The van der Waals surface area contributed by atoms with Crippen LogP contribution in [0.1, 0.15) is 27.2 Å². The van der Waals surface area contributed by atoms with Crippen molar-refractivity contribution in [1.29, 1.82) is 0 Å². The Kier molecular flexibility index (Phi) is 6.11. The molecule has 0 saturated carbocycles. The Hall–Kier alpha value is -2.34. The Labute approximate surface area is 191 Å². The molecule has 1 unspecified atom stereocenters. The van der Waals surface area contributed by atoms with Gasteiger partial charge in [-0.05, 0) is 37.5 Å². The molecule has 1 atom stereocenters. The number of para-hydroxylation sites is 1. The quantitative estimate of drug-likeness (QED) is 0.403. The topological polar surface area (TPSA) is 65.8 Å². The lowest BCUT2D eigenvalue weighted by molar-refractivity contribution is 0.447. The van der Waals surface area contributed by atoms with Crippen molar-refractivity contribution in [1.82, 2.24) is 14.1 Å². The lowest BCUT2D eigenvalue weighted by atomic mass is 10.0. The molecule has 7 heteroatoms. The third kappa shape index (κ3) is 4.10. The van der Waals surface area contributed by atoms with Gasteiger partial charge in [0, 0.05) is 41.8 Å². The van der Waals surface area contributed by atoms with E-state index in [0.29, 0.717) is 39.2 Å². The van der Waals surface area contributed by atoms with Gasteiger partial charge in [-0.1, -0.05) is 55.2 Å². The third-order valence-corrected chi connectivity index (χ3v) is 6.29. The molecule has 2 aromatic heterocycles. The van der Waals surface area contributed by atoms with Crippen molar-refractivity contribution in [2.45, 2.75) is 46.3 Å². The molecule has 0 aliphatic carbocycles. The zero-order valence-electron chi connectivity index (χ0n) is 17.9. The summed E-state index contributed by atoms with van der Waals surface area (Å²) in [5.74, 6) is 0.429. The van der Waals surface area contributed by atoms with Crippen molar-refractivity contribution in [2.24, 2.45) is 11.7 Å². The van der Waals surface area contributed by atoms with Crippen LogP contribution in [0.25, 0.3) is 33.2 Å². The first-order valence-corrected chi connectivity index (χ1v) is 11.3. The van der Waals surface area contributed by atoms with Gasteiger partial charge in [0.05, 0.1) is 21.1 Å². The molecule has 4 aromatic rings. The van der Waals surface area contributed by atoms with Gasteiger partial charge in [-0.25, -0.2) is 4.98 Å². The fraction of sp³-hybridized carbons (Fsp3) is 0.333. The van der Waals surface area contributed by atoms with Crippen molar-refractivity contribution >= 4 is 45.1 Å². The highest BCUT2D eigenvalue weighted by molar-refractivity contribution is 6.42. The lowest BCUT2D eigenvalue weighted by Gasteiger charge is -2.18. The predicted molar refractivity (Wildman–Crippen MR) is 130 cm³/mol. The Morgan fingerprint density at radius 2 is 1.81 bits per heavy atom. The number of nitrogens with two attached hydrogens (primary N) is 1. The summed E-state index contributed by atoms with van der Waals surface area (Å²) in [4.78, 5) is 18.4. The number of hydrogen-bond acceptors (Lipinski definition) is 3. The molecule has 2 N–H and O–H groups in total. The molecule has 0 bridgehead atoms. The average Bonchev–Trinajstić information content (AvgIpc) is 3.09. The maximum atomic E-state index is 13.7.